The second kappa shape index (κ2) is 8.59. The maximum Gasteiger partial charge on any atom is 0.127 e. The van der Waals surface area contributed by atoms with Gasteiger partial charge in [-0.05, 0) is 39.5 Å². The number of benzene rings is 1. The number of ether oxygens (including phenoxy) is 2. The van der Waals surface area contributed by atoms with Gasteiger partial charge in [0.2, 0.25) is 0 Å². The van der Waals surface area contributed by atoms with Gasteiger partial charge in [0.05, 0.1) is 6.61 Å². The Morgan fingerprint density at radius 2 is 2.05 bits per heavy atom. The Hall–Kier alpha value is -1.48. The lowest BCUT2D eigenvalue weighted by Gasteiger charge is -2.13. The molecule has 1 aromatic rings. The highest BCUT2D eigenvalue weighted by Crippen LogP contribution is 2.25. The highest BCUT2D eigenvalue weighted by molar-refractivity contribution is 5.40. The SMILES string of the molecule is CCCOc1ccc(CNC)c(OCC=C(C)C)c1. The number of rotatable bonds is 8. The zero-order valence-electron chi connectivity index (χ0n) is 12.5. The van der Waals surface area contributed by atoms with Crippen molar-refractivity contribution in [1.82, 2.24) is 5.32 Å². The van der Waals surface area contributed by atoms with Gasteiger partial charge in [-0.1, -0.05) is 18.6 Å². The molecule has 0 aliphatic heterocycles. The predicted molar refractivity (Wildman–Crippen MR) is 79.9 cm³/mol. The van der Waals surface area contributed by atoms with E-state index in [1.54, 1.807) is 0 Å². The molecule has 0 unspecified atom stereocenters. The Morgan fingerprint density at radius 3 is 2.68 bits per heavy atom. The predicted octanol–water partition coefficient (Wildman–Crippen LogP) is 3.54. The number of allylic oxidation sites excluding steroid dienone is 1. The van der Waals surface area contributed by atoms with Crippen molar-refractivity contribution in [2.24, 2.45) is 0 Å². The van der Waals surface area contributed by atoms with Crippen molar-refractivity contribution < 1.29 is 9.47 Å². The molecular formula is C16H25NO2. The first-order chi connectivity index (χ1) is 9.17. The molecule has 0 aliphatic rings. The van der Waals surface area contributed by atoms with Crippen LogP contribution >= 0.6 is 0 Å². The Balaban J connectivity index is 2.78. The summed E-state index contributed by atoms with van der Waals surface area (Å²) < 4.78 is 11.5. The largest absolute Gasteiger partial charge is 0.493 e. The van der Waals surface area contributed by atoms with Gasteiger partial charge in [-0.25, -0.2) is 0 Å². The first kappa shape index (κ1) is 15.6. The Bertz CT molecular complexity index is 409. The minimum Gasteiger partial charge on any atom is -0.493 e. The molecule has 19 heavy (non-hydrogen) atoms. The van der Waals surface area contributed by atoms with Crippen LogP contribution in [0.3, 0.4) is 0 Å². The van der Waals surface area contributed by atoms with Crippen LogP contribution in [0, 0.1) is 0 Å². The third-order valence-corrected chi connectivity index (χ3v) is 2.61. The molecule has 0 saturated carbocycles. The molecule has 0 fully saturated rings. The first-order valence-corrected chi connectivity index (χ1v) is 6.83. The molecule has 0 aromatic heterocycles. The van der Waals surface area contributed by atoms with E-state index >= 15 is 0 Å². The van der Waals surface area contributed by atoms with E-state index in [1.165, 1.54) is 5.57 Å². The first-order valence-electron chi connectivity index (χ1n) is 6.83. The average Bonchev–Trinajstić information content (AvgIpc) is 2.38. The van der Waals surface area contributed by atoms with Crippen LogP contribution in [0.1, 0.15) is 32.8 Å². The molecule has 1 aromatic carbocycles. The highest BCUT2D eigenvalue weighted by atomic mass is 16.5. The smallest absolute Gasteiger partial charge is 0.127 e. The fraction of sp³-hybridized carbons (Fsp3) is 0.500. The van der Waals surface area contributed by atoms with Crippen LogP contribution in [0.5, 0.6) is 11.5 Å². The summed E-state index contributed by atoms with van der Waals surface area (Å²) in [5, 5.41) is 3.15. The lowest BCUT2D eigenvalue weighted by molar-refractivity contribution is 0.311. The second-order valence-corrected chi connectivity index (χ2v) is 4.74. The van der Waals surface area contributed by atoms with Gasteiger partial charge in [-0.3, -0.25) is 0 Å². The monoisotopic (exact) mass is 263 g/mol. The number of hydrogen-bond acceptors (Lipinski definition) is 3. The van der Waals surface area contributed by atoms with E-state index in [4.69, 9.17) is 9.47 Å². The zero-order valence-corrected chi connectivity index (χ0v) is 12.5. The molecule has 0 atom stereocenters. The van der Waals surface area contributed by atoms with Crippen LogP contribution in [0.25, 0.3) is 0 Å². The fourth-order valence-corrected chi connectivity index (χ4v) is 1.61. The van der Waals surface area contributed by atoms with Crippen LogP contribution in [0.4, 0.5) is 0 Å². The number of hydrogen-bond donors (Lipinski definition) is 1. The standard InChI is InChI=1S/C16H25NO2/c1-5-9-18-15-7-6-14(12-17-4)16(11-15)19-10-8-13(2)3/h6-8,11,17H,5,9-10,12H2,1-4H3. The van der Waals surface area contributed by atoms with E-state index in [2.05, 4.69) is 38.2 Å². The van der Waals surface area contributed by atoms with Crippen LogP contribution in [0.15, 0.2) is 29.8 Å². The van der Waals surface area contributed by atoms with Crippen molar-refractivity contribution in [3.8, 4) is 11.5 Å². The van der Waals surface area contributed by atoms with E-state index in [-0.39, 0.29) is 0 Å². The zero-order chi connectivity index (χ0) is 14.1. The summed E-state index contributed by atoms with van der Waals surface area (Å²) in [5.74, 6) is 1.76. The van der Waals surface area contributed by atoms with Gasteiger partial charge >= 0.3 is 0 Å². The molecule has 0 heterocycles. The van der Waals surface area contributed by atoms with E-state index in [0.717, 1.165) is 36.6 Å². The Labute approximate surface area is 116 Å². The van der Waals surface area contributed by atoms with Crippen molar-refractivity contribution in [3.05, 3.63) is 35.4 Å². The maximum atomic E-state index is 5.82. The van der Waals surface area contributed by atoms with E-state index < -0.39 is 0 Å². The molecule has 0 saturated heterocycles. The van der Waals surface area contributed by atoms with Gasteiger partial charge in [0.25, 0.3) is 0 Å². The third-order valence-electron chi connectivity index (χ3n) is 2.61. The molecule has 0 spiro atoms. The summed E-state index contributed by atoms with van der Waals surface area (Å²) in [5.41, 5.74) is 2.40. The molecular weight excluding hydrogens is 238 g/mol. The van der Waals surface area contributed by atoms with Gasteiger partial charge in [0.1, 0.15) is 18.1 Å². The van der Waals surface area contributed by atoms with Crippen molar-refractivity contribution in [3.63, 3.8) is 0 Å². The normalized spacial score (nSPS) is 10.1. The lowest BCUT2D eigenvalue weighted by atomic mass is 10.2. The van der Waals surface area contributed by atoms with E-state index in [9.17, 15) is 0 Å². The summed E-state index contributed by atoms with van der Waals surface area (Å²) in [6.45, 7) is 8.35. The Morgan fingerprint density at radius 1 is 1.26 bits per heavy atom. The molecule has 0 radical (unpaired) electrons. The average molecular weight is 263 g/mol. The maximum absolute atomic E-state index is 5.82. The van der Waals surface area contributed by atoms with Crippen molar-refractivity contribution in [2.45, 2.75) is 33.7 Å². The molecule has 3 heteroatoms. The molecule has 3 nitrogen and oxygen atoms in total. The second-order valence-electron chi connectivity index (χ2n) is 4.74. The van der Waals surface area contributed by atoms with Gasteiger partial charge in [-0.15, -0.1) is 0 Å². The topological polar surface area (TPSA) is 30.5 Å². The minimum atomic E-state index is 0.594. The summed E-state index contributed by atoms with van der Waals surface area (Å²) in [7, 11) is 1.93. The lowest BCUT2D eigenvalue weighted by Crippen LogP contribution is -2.08. The molecule has 0 aliphatic carbocycles. The summed E-state index contributed by atoms with van der Waals surface area (Å²) in [4.78, 5) is 0. The minimum absolute atomic E-state index is 0.594. The fourth-order valence-electron chi connectivity index (χ4n) is 1.61. The molecule has 1 N–H and O–H groups in total. The number of nitrogens with one attached hydrogen (secondary N) is 1. The van der Waals surface area contributed by atoms with Gasteiger partial charge < -0.3 is 14.8 Å². The summed E-state index contributed by atoms with van der Waals surface area (Å²) in [6.07, 6.45) is 3.08. The summed E-state index contributed by atoms with van der Waals surface area (Å²) >= 11 is 0. The molecule has 0 bridgehead atoms. The molecule has 1 rings (SSSR count). The summed E-state index contributed by atoms with van der Waals surface area (Å²) in [6, 6.07) is 6.02. The van der Waals surface area contributed by atoms with Crippen LogP contribution in [-0.2, 0) is 6.54 Å². The van der Waals surface area contributed by atoms with Crippen LogP contribution in [0.2, 0.25) is 0 Å². The van der Waals surface area contributed by atoms with Gasteiger partial charge in [0, 0.05) is 18.2 Å². The molecule has 0 amide bonds. The van der Waals surface area contributed by atoms with E-state index in [1.807, 2.05) is 19.2 Å². The van der Waals surface area contributed by atoms with Crippen molar-refractivity contribution >= 4 is 0 Å². The van der Waals surface area contributed by atoms with Crippen LogP contribution in [-0.4, -0.2) is 20.3 Å². The van der Waals surface area contributed by atoms with Crippen molar-refractivity contribution in [2.75, 3.05) is 20.3 Å². The quantitative estimate of drug-likeness (QED) is 0.728. The highest BCUT2D eigenvalue weighted by Gasteiger charge is 2.05. The van der Waals surface area contributed by atoms with Crippen LogP contribution < -0.4 is 14.8 Å². The molecule has 106 valence electrons. The van der Waals surface area contributed by atoms with Gasteiger partial charge in [0.15, 0.2) is 0 Å². The van der Waals surface area contributed by atoms with Gasteiger partial charge in [-0.2, -0.15) is 0 Å². The van der Waals surface area contributed by atoms with E-state index in [0.29, 0.717) is 6.61 Å². The van der Waals surface area contributed by atoms with Crippen molar-refractivity contribution in [1.29, 1.82) is 0 Å². The third kappa shape index (κ3) is 5.79. The Kier molecular flexibility index (Phi) is 7.04.